The molecule has 33 heavy (non-hydrogen) atoms. The molecular formula is C25H20Cl3N5. The van der Waals surface area contributed by atoms with Crippen molar-refractivity contribution in [3.63, 3.8) is 0 Å². The summed E-state index contributed by atoms with van der Waals surface area (Å²) in [7, 11) is 0. The first kappa shape index (κ1) is 22.0. The molecule has 0 spiro atoms. The van der Waals surface area contributed by atoms with Gasteiger partial charge in [-0.15, -0.1) is 0 Å². The molecule has 0 aliphatic heterocycles. The predicted molar refractivity (Wildman–Crippen MR) is 140 cm³/mol. The van der Waals surface area contributed by atoms with E-state index in [0.717, 1.165) is 23.1 Å². The van der Waals surface area contributed by atoms with Gasteiger partial charge >= 0.3 is 0 Å². The monoisotopic (exact) mass is 495 g/mol. The molecule has 0 amide bonds. The van der Waals surface area contributed by atoms with Crippen LogP contribution in [0.25, 0.3) is 32.7 Å². The van der Waals surface area contributed by atoms with E-state index in [0.29, 0.717) is 11.3 Å². The third-order valence-electron chi connectivity index (χ3n) is 5.60. The highest BCUT2D eigenvalue weighted by atomic mass is 35.6. The standard InChI is InChI=1S/C25H20Cl3N5/c1-3-33-21-7-5-4-6-17(21)18-13-16(9-11-22(18)33)14-29-32-23-19-12-15(2)8-10-20(19)30-24(31-23)25(26,27)28/h4-14H,3H2,1-2H3,(H,30,31,32). The van der Waals surface area contributed by atoms with Gasteiger partial charge in [0, 0.05) is 33.7 Å². The number of alkyl halides is 3. The molecule has 8 heteroatoms. The number of nitrogens with zero attached hydrogens (tertiary/aromatic N) is 4. The van der Waals surface area contributed by atoms with E-state index in [1.165, 1.54) is 21.8 Å². The molecule has 0 saturated carbocycles. The summed E-state index contributed by atoms with van der Waals surface area (Å²) < 4.78 is 0.579. The number of nitrogens with one attached hydrogen (secondary N) is 1. The number of halogens is 3. The summed E-state index contributed by atoms with van der Waals surface area (Å²) in [6, 6.07) is 20.6. The van der Waals surface area contributed by atoms with Crippen molar-refractivity contribution in [2.75, 3.05) is 5.43 Å². The first-order chi connectivity index (χ1) is 15.8. The zero-order valence-corrected chi connectivity index (χ0v) is 20.2. The molecule has 3 aromatic carbocycles. The second-order valence-corrected chi connectivity index (χ2v) is 10.1. The minimum Gasteiger partial charge on any atom is -0.341 e. The third kappa shape index (κ3) is 4.12. The molecule has 0 unspecified atom stereocenters. The van der Waals surface area contributed by atoms with Gasteiger partial charge in [-0.05, 0) is 49.7 Å². The normalized spacial score (nSPS) is 12.4. The predicted octanol–water partition coefficient (Wildman–Crippen LogP) is 7.34. The number of hydrazone groups is 1. The van der Waals surface area contributed by atoms with Crippen LogP contribution in [0.15, 0.2) is 65.8 Å². The van der Waals surface area contributed by atoms with Crippen molar-refractivity contribution in [3.8, 4) is 0 Å². The maximum absolute atomic E-state index is 6.05. The number of para-hydroxylation sites is 1. The lowest BCUT2D eigenvalue weighted by Crippen LogP contribution is -2.09. The summed E-state index contributed by atoms with van der Waals surface area (Å²) in [5, 5.41) is 7.64. The molecule has 1 N–H and O–H groups in total. The highest BCUT2D eigenvalue weighted by Crippen LogP contribution is 2.37. The molecular weight excluding hydrogens is 477 g/mol. The van der Waals surface area contributed by atoms with Crippen LogP contribution in [0.1, 0.15) is 23.9 Å². The Balaban J connectivity index is 1.53. The average molecular weight is 497 g/mol. The molecule has 5 nitrogen and oxygen atoms in total. The molecule has 0 aliphatic carbocycles. The first-order valence-electron chi connectivity index (χ1n) is 10.5. The van der Waals surface area contributed by atoms with Crippen LogP contribution in [0.5, 0.6) is 0 Å². The Bertz CT molecular complexity index is 1530. The van der Waals surface area contributed by atoms with Gasteiger partial charge in [-0.1, -0.05) is 70.7 Å². The van der Waals surface area contributed by atoms with Crippen LogP contribution in [-0.4, -0.2) is 20.7 Å². The topological polar surface area (TPSA) is 55.1 Å². The third-order valence-corrected chi connectivity index (χ3v) is 6.11. The lowest BCUT2D eigenvalue weighted by atomic mass is 10.1. The van der Waals surface area contributed by atoms with Crippen LogP contribution in [0, 0.1) is 6.92 Å². The fourth-order valence-corrected chi connectivity index (χ4v) is 4.37. The smallest absolute Gasteiger partial charge is 0.250 e. The average Bonchev–Trinajstić information content (AvgIpc) is 3.11. The van der Waals surface area contributed by atoms with E-state index in [1.54, 1.807) is 6.21 Å². The van der Waals surface area contributed by atoms with E-state index in [9.17, 15) is 0 Å². The van der Waals surface area contributed by atoms with E-state index < -0.39 is 3.79 Å². The number of hydrogen-bond acceptors (Lipinski definition) is 4. The Hall–Kier alpha value is -2.86. The summed E-state index contributed by atoms with van der Waals surface area (Å²) in [6.07, 6.45) is 1.76. The second kappa shape index (κ2) is 8.49. The van der Waals surface area contributed by atoms with Crippen LogP contribution in [0.3, 0.4) is 0 Å². The number of hydrogen-bond donors (Lipinski definition) is 1. The Morgan fingerprint density at radius 2 is 1.73 bits per heavy atom. The van der Waals surface area contributed by atoms with Crippen LogP contribution in [0.4, 0.5) is 5.82 Å². The number of benzene rings is 3. The molecule has 5 aromatic rings. The molecule has 0 fully saturated rings. The number of rotatable bonds is 4. The molecule has 0 atom stereocenters. The van der Waals surface area contributed by atoms with Crippen molar-refractivity contribution in [3.05, 3.63) is 77.6 Å². The van der Waals surface area contributed by atoms with Crippen molar-refractivity contribution < 1.29 is 0 Å². The maximum Gasteiger partial charge on any atom is 0.250 e. The van der Waals surface area contributed by atoms with Gasteiger partial charge < -0.3 is 4.57 Å². The van der Waals surface area contributed by atoms with Gasteiger partial charge in [0.05, 0.1) is 11.7 Å². The largest absolute Gasteiger partial charge is 0.341 e. The van der Waals surface area contributed by atoms with Crippen LogP contribution in [0.2, 0.25) is 0 Å². The molecule has 166 valence electrons. The zero-order chi connectivity index (χ0) is 23.2. The van der Waals surface area contributed by atoms with E-state index in [4.69, 9.17) is 34.8 Å². The summed E-state index contributed by atoms with van der Waals surface area (Å²) >= 11 is 18.1. The fraction of sp³-hybridized carbons (Fsp3) is 0.160. The molecule has 0 radical (unpaired) electrons. The quantitative estimate of drug-likeness (QED) is 0.161. The first-order valence-corrected chi connectivity index (χ1v) is 11.6. The SMILES string of the molecule is CCn1c2ccccc2c2cc(C=NNc3nc(C(Cl)(Cl)Cl)nc4ccc(C)cc34)ccc21. The Kier molecular flexibility index (Phi) is 5.65. The van der Waals surface area contributed by atoms with Crippen molar-refractivity contribution in [2.24, 2.45) is 5.10 Å². The van der Waals surface area contributed by atoms with E-state index in [1.807, 2.05) is 31.2 Å². The van der Waals surface area contributed by atoms with Crippen LogP contribution in [-0.2, 0) is 10.3 Å². The van der Waals surface area contributed by atoms with Gasteiger partial charge in [0.2, 0.25) is 3.79 Å². The molecule has 2 heterocycles. The van der Waals surface area contributed by atoms with E-state index >= 15 is 0 Å². The Morgan fingerprint density at radius 1 is 0.939 bits per heavy atom. The minimum atomic E-state index is -1.74. The number of anilines is 1. The maximum atomic E-state index is 6.05. The lowest BCUT2D eigenvalue weighted by molar-refractivity contribution is 0.827. The van der Waals surface area contributed by atoms with Crippen molar-refractivity contribution in [2.45, 2.75) is 24.2 Å². The summed E-state index contributed by atoms with van der Waals surface area (Å²) in [5.74, 6) is 0.570. The van der Waals surface area contributed by atoms with Gasteiger partial charge in [0.25, 0.3) is 0 Å². The van der Waals surface area contributed by atoms with Crippen molar-refractivity contribution in [1.82, 2.24) is 14.5 Å². The summed E-state index contributed by atoms with van der Waals surface area (Å²) in [6.45, 7) is 5.06. The van der Waals surface area contributed by atoms with Gasteiger partial charge in [0.1, 0.15) is 0 Å². The highest BCUT2D eigenvalue weighted by Gasteiger charge is 2.28. The lowest BCUT2D eigenvalue weighted by Gasteiger charge is -2.13. The molecule has 5 rings (SSSR count). The van der Waals surface area contributed by atoms with Gasteiger partial charge in [-0.3, -0.25) is 5.43 Å². The molecule has 0 aliphatic rings. The van der Waals surface area contributed by atoms with Crippen molar-refractivity contribution >= 4 is 79.5 Å². The summed E-state index contributed by atoms with van der Waals surface area (Å²) in [5.41, 5.74) is 8.14. The van der Waals surface area contributed by atoms with Gasteiger partial charge in [0.15, 0.2) is 11.6 Å². The highest BCUT2D eigenvalue weighted by molar-refractivity contribution is 6.66. The van der Waals surface area contributed by atoms with Crippen molar-refractivity contribution in [1.29, 1.82) is 0 Å². The number of aromatic nitrogens is 3. The second-order valence-electron chi connectivity index (χ2n) is 7.82. The van der Waals surface area contributed by atoms with Crippen LogP contribution < -0.4 is 5.43 Å². The van der Waals surface area contributed by atoms with Gasteiger partial charge in [-0.2, -0.15) is 5.10 Å². The molecule has 0 saturated heterocycles. The fourth-order valence-electron chi connectivity index (χ4n) is 4.11. The van der Waals surface area contributed by atoms with E-state index in [2.05, 4.69) is 68.4 Å². The van der Waals surface area contributed by atoms with Crippen LogP contribution >= 0.6 is 34.8 Å². The molecule has 0 bridgehead atoms. The Labute approximate surface area is 206 Å². The Morgan fingerprint density at radius 3 is 2.52 bits per heavy atom. The van der Waals surface area contributed by atoms with E-state index in [-0.39, 0.29) is 5.82 Å². The minimum absolute atomic E-state index is 0.0929. The number of aryl methyl sites for hydroxylation is 2. The zero-order valence-electron chi connectivity index (χ0n) is 18.0. The molecule has 2 aromatic heterocycles. The number of fused-ring (bicyclic) bond motifs is 4. The summed E-state index contributed by atoms with van der Waals surface area (Å²) in [4.78, 5) is 8.80. The van der Waals surface area contributed by atoms with Gasteiger partial charge in [-0.25, -0.2) is 9.97 Å².